The largest absolute Gasteiger partial charge is 0.489 e. The predicted octanol–water partition coefficient (Wildman–Crippen LogP) is 3.27. The van der Waals surface area contributed by atoms with Crippen LogP contribution in [0.4, 0.5) is 17.6 Å². The first-order valence-electron chi connectivity index (χ1n) is 9.82. The number of alkyl halides is 3. The molecule has 1 saturated heterocycles. The molecule has 2 N–H and O–H groups in total. The lowest BCUT2D eigenvalue weighted by molar-refractivity contribution is -0.145. The van der Waals surface area contributed by atoms with Crippen LogP contribution in [0.15, 0.2) is 47.4 Å². The Morgan fingerprint density at radius 1 is 1.18 bits per heavy atom. The van der Waals surface area contributed by atoms with E-state index in [1.54, 1.807) is 0 Å². The zero-order chi connectivity index (χ0) is 24.6. The van der Waals surface area contributed by atoms with E-state index in [9.17, 15) is 41.0 Å². The number of rotatable bonds is 6. The molecule has 2 aromatic rings. The maximum absolute atomic E-state index is 13.4. The molecule has 0 aliphatic carbocycles. The highest BCUT2D eigenvalue weighted by atomic mass is 32.2. The lowest BCUT2D eigenvalue weighted by atomic mass is 9.91. The molecule has 1 aliphatic heterocycles. The first-order chi connectivity index (χ1) is 15.3. The van der Waals surface area contributed by atoms with Gasteiger partial charge in [0, 0.05) is 12.1 Å². The van der Waals surface area contributed by atoms with E-state index in [4.69, 9.17) is 4.74 Å². The topological polar surface area (TPSA) is 104 Å². The van der Waals surface area contributed by atoms with Crippen LogP contribution in [-0.2, 0) is 27.6 Å². The fourth-order valence-electron chi connectivity index (χ4n) is 3.81. The molecule has 33 heavy (non-hydrogen) atoms. The number of carboxylic acids is 1. The summed E-state index contributed by atoms with van der Waals surface area (Å²) in [6.45, 7) is 0.527. The molecule has 0 amide bonds. The second kappa shape index (κ2) is 9.27. The van der Waals surface area contributed by atoms with Crippen molar-refractivity contribution in [3.8, 4) is 5.75 Å². The number of hydrogen-bond donors (Lipinski definition) is 2. The lowest BCUT2D eigenvalue weighted by Crippen LogP contribution is -2.55. The number of benzene rings is 2. The van der Waals surface area contributed by atoms with Crippen molar-refractivity contribution < 1.29 is 45.7 Å². The highest BCUT2D eigenvalue weighted by molar-refractivity contribution is 7.89. The Morgan fingerprint density at radius 3 is 2.39 bits per heavy atom. The summed E-state index contributed by atoms with van der Waals surface area (Å²) in [7, 11) is -4.30. The van der Waals surface area contributed by atoms with Gasteiger partial charge in [-0.2, -0.15) is 17.5 Å². The Kier molecular flexibility index (Phi) is 7.01. The Labute approximate surface area is 187 Å². The molecule has 7 nitrogen and oxygen atoms in total. The molecule has 2 aromatic carbocycles. The van der Waals surface area contributed by atoms with Crippen LogP contribution in [-0.4, -0.2) is 47.6 Å². The third-order valence-corrected chi connectivity index (χ3v) is 7.20. The maximum atomic E-state index is 13.4. The molecule has 12 heteroatoms. The standard InChI is InChI=1S/C21H21F4NO6S/c1-12-8-15(27)10-26(19(12)20(28)29)33(30,31)17-5-3-16(4-6-17)32-11-13-9-14(22)2-7-18(13)21(23,24)25/h2-7,9,12,15,19,27H,8,10-11H2,1H3,(H,28,29). The highest BCUT2D eigenvalue weighted by Crippen LogP contribution is 2.33. The lowest BCUT2D eigenvalue weighted by Gasteiger charge is -2.38. The number of aliphatic hydroxyl groups excluding tert-OH is 1. The van der Waals surface area contributed by atoms with Gasteiger partial charge in [-0.1, -0.05) is 6.92 Å². The number of aliphatic hydroxyl groups is 1. The Balaban J connectivity index is 1.80. The van der Waals surface area contributed by atoms with Crippen LogP contribution < -0.4 is 4.74 Å². The van der Waals surface area contributed by atoms with Crippen LogP contribution in [0.1, 0.15) is 24.5 Å². The number of halogens is 4. The van der Waals surface area contributed by atoms with Gasteiger partial charge in [0.15, 0.2) is 0 Å². The molecule has 0 saturated carbocycles. The van der Waals surface area contributed by atoms with Crippen molar-refractivity contribution >= 4 is 16.0 Å². The second-order valence-corrected chi connectivity index (χ2v) is 9.67. The summed E-state index contributed by atoms with van der Waals surface area (Å²) in [6.07, 6.45) is -5.60. The van der Waals surface area contributed by atoms with Crippen molar-refractivity contribution in [3.63, 3.8) is 0 Å². The van der Waals surface area contributed by atoms with E-state index < -0.39 is 63.8 Å². The van der Waals surface area contributed by atoms with Gasteiger partial charge in [-0.05, 0) is 54.8 Å². The van der Waals surface area contributed by atoms with Crippen LogP contribution in [0.3, 0.4) is 0 Å². The average molecular weight is 491 g/mol. The zero-order valence-electron chi connectivity index (χ0n) is 17.3. The number of hydrogen-bond acceptors (Lipinski definition) is 5. The third-order valence-electron chi connectivity index (χ3n) is 5.33. The molecule has 1 fully saturated rings. The fourth-order valence-corrected chi connectivity index (χ4v) is 5.53. The van der Waals surface area contributed by atoms with Gasteiger partial charge in [0.25, 0.3) is 0 Å². The minimum absolute atomic E-state index is 0.0215. The van der Waals surface area contributed by atoms with Crippen LogP contribution in [0.2, 0.25) is 0 Å². The molecule has 3 atom stereocenters. The summed E-state index contributed by atoms with van der Waals surface area (Å²) in [6, 6.07) is 5.26. The number of sulfonamides is 1. The SMILES string of the molecule is CC1CC(O)CN(S(=O)(=O)c2ccc(OCc3cc(F)ccc3C(F)(F)F)cc2)C1C(=O)O. The molecule has 1 aliphatic rings. The smallest absolute Gasteiger partial charge is 0.416 e. The first kappa shape index (κ1) is 24.9. The van der Waals surface area contributed by atoms with E-state index >= 15 is 0 Å². The third kappa shape index (κ3) is 5.45. The Morgan fingerprint density at radius 2 is 1.82 bits per heavy atom. The molecule has 0 spiro atoms. The van der Waals surface area contributed by atoms with Crippen molar-refractivity contribution in [2.45, 2.75) is 43.2 Å². The molecular formula is C21H21F4NO6S. The number of nitrogens with zero attached hydrogens (tertiary/aromatic N) is 1. The number of carbonyl (C=O) groups is 1. The van der Waals surface area contributed by atoms with Crippen molar-refractivity contribution in [2.24, 2.45) is 5.92 Å². The minimum Gasteiger partial charge on any atom is -0.489 e. The van der Waals surface area contributed by atoms with Gasteiger partial charge in [0.2, 0.25) is 10.0 Å². The Hall–Kier alpha value is -2.70. The van der Waals surface area contributed by atoms with E-state index in [-0.39, 0.29) is 23.6 Å². The molecule has 1 heterocycles. The predicted molar refractivity (Wildman–Crippen MR) is 107 cm³/mol. The molecule has 3 rings (SSSR count). The van der Waals surface area contributed by atoms with Gasteiger partial charge >= 0.3 is 12.1 Å². The number of ether oxygens (including phenoxy) is 1. The molecule has 180 valence electrons. The van der Waals surface area contributed by atoms with Crippen LogP contribution >= 0.6 is 0 Å². The summed E-state index contributed by atoms with van der Waals surface area (Å²) < 4.78 is 84.8. The number of piperidine rings is 1. The van der Waals surface area contributed by atoms with Crippen molar-refractivity contribution in [3.05, 3.63) is 59.4 Å². The van der Waals surface area contributed by atoms with Crippen LogP contribution in [0.25, 0.3) is 0 Å². The molecule has 3 unspecified atom stereocenters. The average Bonchev–Trinajstić information content (AvgIpc) is 2.70. The summed E-state index contributed by atoms with van der Waals surface area (Å²) in [5, 5.41) is 19.4. The number of β-amino-alcohol motifs (C(OH)–C–C–N with tert-alkyl or cyclic N) is 1. The monoisotopic (exact) mass is 491 g/mol. The summed E-state index contributed by atoms with van der Waals surface area (Å²) in [5.74, 6) is -2.81. The van der Waals surface area contributed by atoms with E-state index in [0.717, 1.165) is 16.4 Å². The molecular weight excluding hydrogens is 470 g/mol. The first-order valence-corrected chi connectivity index (χ1v) is 11.3. The van der Waals surface area contributed by atoms with Crippen molar-refractivity contribution in [2.75, 3.05) is 6.54 Å². The normalized spacial score (nSPS) is 22.2. The summed E-state index contributed by atoms with van der Waals surface area (Å²) in [5.41, 5.74) is -1.49. The number of aliphatic carboxylic acids is 1. The van der Waals surface area contributed by atoms with Gasteiger partial charge < -0.3 is 14.9 Å². The van der Waals surface area contributed by atoms with Gasteiger partial charge in [-0.25, -0.2) is 12.8 Å². The van der Waals surface area contributed by atoms with E-state index in [0.29, 0.717) is 18.2 Å². The van der Waals surface area contributed by atoms with Gasteiger partial charge in [-0.3, -0.25) is 4.79 Å². The van der Waals surface area contributed by atoms with Gasteiger partial charge in [0.1, 0.15) is 24.2 Å². The quantitative estimate of drug-likeness (QED) is 0.602. The highest BCUT2D eigenvalue weighted by Gasteiger charge is 2.44. The van der Waals surface area contributed by atoms with E-state index in [1.165, 1.54) is 19.1 Å². The van der Waals surface area contributed by atoms with Crippen molar-refractivity contribution in [1.29, 1.82) is 0 Å². The van der Waals surface area contributed by atoms with Gasteiger partial charge in [0.05, 0.1) is 16.6 Å². The Bertz CT molecular complexity index is 1120. The molecule has 0 aromatic heterocycles. The van der Waals surface area contributed by atoms with Gasteiger partial charge in [-0.15, -0.1) is 0 Å². The maximum Gasteiger partial charge on any atom is 0.416 e. The number of carboxylic acid groups (broad SMARTS) is 1. The second-order valence-electron chi connectivity index (χ2n) is 7.78. The van der Waals surface area contributed by atoms with E-state index in [2.05, 4.69) is 0 Å². The van der Waals surface area contributed by atoms with Crippen LogP contribution in [0, 0.1) is 11.7 Å². The summed E-state index contributed by atoms with van der Waals surface area (Å²) in [4.78, 5) is 11.4. The van der Waals surface area contributed by atoms with Crippen LogP contribution in [0.5, 0.6) is 5.75 Å². The molecule has 0 radical (unpaired) electrons. The van der Waals surface area contributed by atoms with E-state index in [1.807, 2.05) is 0 Å². The molecule has 0 bridgehead atoms. The minimum atomic E-state index is -4.71. The zero-order valence-corrected chi connectivity index (χ0v) is 18.1. The van der Waals surface area contributed by atoms with Crippen molar-refractivity contribution in [1.82, 2.24) is 4.31 Å². The fraction of sp³-hybridized carbons (Fsp3) is 0.381. The summed E-state index contributed by atoms with van der Waals surface area (Å²) >= 11 is 0.